The van der Waals surface area contributed by atoms with Gasteiger partial charge >= 0.3 is 0 Å². The maximum atomic E-state index is 5.63. The fourth-order valence-electron chi connectivity index (χ4n) is 4.26. The summed E-state index contributed by atoms with van der Waals surface area (Å²) in [5.41, 5.74) is 0. The van der Waals surface area contributed by atoms with Gasteiger partial charge in [-0.05, 0) is 38.5 Å². The number of epoxide rings is 1. The third-order valence-electron chi connectivity index (χ3n) is 6.07. The topological polar surface area (TPSA) is 12.5 Å². The predicted molar refractivity (Wildman–Crippen MR) is 110 cm³/mol. The van der Waals surface area contributed by atoms with Gasteiger partial charge in [0.2, 0.25) is 0 Å². The zero-order chi connectivity index (χ0) is 17.4. The fourth-order valence-corrected chi connectivity index (χ4v) is 4.26. The second kappa shape index (κ2) is 14.8. The summed E-state index contributed by atoms with van der Waals surface area (Å²) in [7, 11) is 0. The van der Waals surface area contributed by atoms with E-state index < -0.39 is 0 Å². The minimum absolute atomic E-state index is 0.666. The molecule has 0 N–H and O–H groups in total. The molecule has 2 fully saturated rings. The maximum absolute atomic E-state index is 5.63. The molecule has 2 unspecified atom stereocenters. The van der Waals surface area contributed by atoms with E-state index in [-0.39, 0.29) is 0 Å². The highest BCUT2D eigenvalue weighted by atomic mass is 16.6. The van der Waals surface area contributed by atoms with Crippen LogP contribution in [0.25, 0.3) is 0 Å². The van der Waals surface area contributed by atoms with Crippen LogP contribution in [0, 0.1) is 0 Å². The van der Waals surface area contributed by atoms with E-state index in [9.17, 15) is 0 Å². The van der Waals surface area contributed by atoms with Gasteiger partial charge in [-0.15, -0.1) is 0 Å². The van der Waals surface area contributed by atoms with Crippen LogP contribution in [0.2, 0.25) is 0 Å². The molecule has 0 aromatic carbocycles. The normalized spacial score (nSPS) is 30.1. The minimum atomic E-state index is 0.666. The molecule has 1 aliphatic heterocycles. The Morgan fingerprint density at radius 3 is 1.12 bits per heavy atom. The van der Waals surface area contributed by atoms with E-state index in [4.69, 9.17) is 4.74 Å². The molecule has 1 saturated heterocycles. The number of hydrogen-bond acceptors (Lipinski definition) is 1. The van der Waals surface area contributed by atoms with E-state index in [0.717, 1.165) is 0 Å². The average molecular weight is 349 g/mol. The molecule has 1 saturated carbocycles. The van der Waals surface area contributed by atoms with Crippen molar-refractivity contribution in [3.05, 3.63) is 12.2 Å². The highest BCUT2D eigenvalue weighted by Crippen LogP contribution is 2.32. The summed E-state index contributed by atoms with van der Waals surface area (Å²) in [6.07, 6.45) is 34.5. The van der Waals surface area contributed by atoms with E-state index >= 15 is 0 Å². The Kier molecular flexibility index (Phi) is 12.5. The van der Waals surface area contributed by atoms with E-state index in [1.165, 1.54) is 128 Å². The lowest BCUT2D eigenvalue weighted by Crippen LogP contribution is -1.95. The van der Waals surface area contributed by atoms with Crippen molar-refractivity contribution in [1.82, 2.24) is 0 Å². The molecule has 1 nitrogen and oxygen atoms in total. The molecule has 0 radical (unpaired) electrons. The molecular formula is C24H44O. The molecule has 0 spiro atoms. The number of hydrogen-bond donors (Lipinski definition) is 0. The molecule has 146 valence electrons. The van der Waals surface area contributed by atoms with Gasteiger partial charge in [-0.1, -0.05) is 102 Å². The van der Waals surface area contributed by atoms with Gasteiger partial charge in [0.15, 0.2) is 0 Å². The molecule has 1 heterocycles. The van der Waals surface area contributed by atoms with E-state index in [2.05, 4.69) is 12.2 Å². The van der Waals surface area contributed by atoms with E-state index in [0.29, 0.717) is 12.2 Å². The van der Waals surface area contributed by atoms with Crippen LogP contribution in [0.5, 0.6) is 0 Å². The van der Waals surface area contributed by atoms with Crippen LogP contribution in [0.4, 0.5) is 0 Å². The van der Waals surface area contributed by atoms with Gasteiger partial charge < -0.3 is 4.74 Å². The van der Waals surface area contributed by atoms with Crippen LogP contribution in [0.15, 0.2) is 12.2 Å². The molecule has 0 aromatic rings. The van der Waals surface area contributed by atoms with E-state index in [1.807, 2.05) is 0 Å². The molecule has 0 amide bonds. The lowest BCUT2D eigenvalue weighted by Gasteiger charge is -2.03. The standard InChI is InChI=1S/C12H22O.C12H22/c1-2-4-6-8-10-12-11(13-12)9-7-5-3-1;1-2-4-6-8-10-12-11-9-7-5-3-1/h11-12H,1-10H2;1-2H,3-12H2. The summed E-state index contributed by atoms with van der Waals surface area (Å²) >= 11 is 0. The molecular weight excluding hydrogens is 304 g/mol. The zero-order valence-electron chi connectivity index (χ0n) is 16.9. The molecule has 0 bridgehead atoms. The van der Waals surface area contributed by atoms with Crippen molar-refractivity contribution >= 4 is 0 Å². The van der Waals surface area contributed by atoms with Crippen LogP contribution >= 0.6 is 0 Å². The summed E-state index contributed by atoms with van der Waals surface area (Å²) in [6.45, 7) is 0. The Morgan fingerprint density at radius 1 is 0.400 bits per heavy atom. The Hall–Kier alpha value is -0.300. The maximum Gasteiger partial charge on any atom is 0.0841 e. The lowest BCUT2D eigenvalue weighted by atomic mass is 10.0. The van der Waals surface area contributed by atoms with Crippen LogP contribution in [-0.2, 0) is 4.74 Å². The van der Waals surface area contributed by atoms with Gasteiger partial charge in [-0.25, -0.2) is 0 Å². The average Bonchev–Trinajstić information content (AvgIpc) is 3.34. The first kappa shape index (κ1) is 21.0. The van der Waals surface area contributed by atoms with Crippen molar-refractivity contribution in [3.8, 4) is 0 Å². The summed E-state index contributed by atoms with van der Waals surface area (Å²) in [5, 5.41) is 0. The van der Waals surface area contributed by atoms with Crippen molar-refractivity contribution in [2.75, 3.05) is 0 Å². The van der Waals surface area contributed by atoms with E-state index in [1.54, 1.807) is 0 Å². The van der Waals surface area contributed by atoms with Gasteiger partial charge in [0.25, 0.3) is 0 Å². The molecule has 3 aliphatic rings. The SMILES string of the molecule is C1=CCCCCCCCCCC1.C1CCCCCC2OC2CCCC1. The lowest BCUT2D eigenvalue weighted by molar-refractivity contribution is 0.349. The number of fused-ring (bicyclic) bond motifs is 1. The number of rotatable bonds is 0. The summed E-state index contributed by atoms with van der Waals surface area (Å²) in [4.78, 5) is 0. The Morgan fingerprint density at radius 2 is 0.720 bits per heavy atom. The van der Waals surface area contributed by atoms with Crippen molar-refractivity contribution in [2.24, 2.45) is 0 Å². The predicted octanol–water partition coefficient (Wildman–Crippen LogP) is 8.13. The first-order valence-corrected chi connectivity index (χ1v) is 11.8. The highest BCUT2D eigenvalue weighted by Gasteiger charge is 2.36. The summed E-state index contributed by atoms with van der Waals surface area (Å²) in [5.74, 6) is 0. The summed E-state index contributed by atoms with van der Waals surface area (Å²) < 4.78 is 5.63. The van der Waals surface area contributed by atoms with Crippen LogP contribution in [0.1, 0.15) is 128 Å². The van der Waals surface area contributed by atoms with Crippen molar-refractivity contribution in [1.29, 1.82) is 0 Å². The first-order chi connectivity index (χ1) is 12.5. The fraction of sp³-hybridized carbons (Fsp3) is 0.917. The zero-order valence-corrected chi connectivity index (χ0v) is 16.9. The van der Waals surface area contributed by atoms with Crippen LogP contribution < -0.4 is 0 Å². The monoisotopic (exact) mass is 348 g/mol. The minimum Gasteiger partial charge on any atom is -0.370 e. The van der Waals surface area contributed by atoms with Gasteiger partial charge in [0.1, 0.15) is 0 Å². The van der Waals surface area contributed by atoms with Crippen LogP contribution in [-0.4, -0.2) is 12.2 Å². The van der Waals surface area contributed by atoms with Gasteiger partial charge in [0, 0.05) is 0 Å². The third-order valence-corrected chi connectivity index (χ3v) is 6.07. The molecule has 2 aliphatic carbocycles. The number of allylic oxidation sites excluding steroid dienone is 2. The Balaban J connectivity index is 0.000000181. The van der Waals surface area contributed by atoms with Crippen molar-refractivity contribution < 1.29 is 4.74 Å². The Bertz CT molecular complexity index is 292. The van der Waals surface area contributed by atoms with Gasteiger partial charge in [-0.2, -0.15) is 0 Å². The molecule has 0 aromatic heterocycles. The second-order valence-electron chi connectivity index (χ2n) is 8.50. The smallest absolute Gasteiger partial charge is 0.0841 e. The largest absolute Gasteiger partial charge is 0.370 e. The highest BCUT2D eigenvalue weighted by molar-refractivity contribution is 4.84. The third kappa shape index (κ3) is 11.8. The quantitative estimate of drug-likeness (QED) is 0.318. The molecule has 25 heavy (non-hydrogen) atoms. The summed E-state index contributed by atoms with van der Waals surface area (Å²) in [6, 6.07) is 0. The van der Waals surface area contributed by atoms with Gasteiger partial charge in [-0.3, -0.25) is 0 Å². The van der Waals surface area contributed by atoms with Crippen LogP contribution in [0.3, 0.4) is 0 Å². The molecule has 1 heteroatoms. The number of ether oxygens (including phenoxy) is 1. The Labute approximate surface area is 158 Å². The second-order valence-corrected chi connectivity index (χ2v) is 8.50. The first-order valence-electron chi connectivity index (χ1n) is 11.8. The van der Waals surface area contributed by atoms with Crippen molar-refractivity contribution in [2.45, 2.75) is 141 Å². The van der Waals surface area contributed by atoms with Crippen molar-refractivity contribution in [3.63, 3.8) is 0 Å². The molecule has 2 atom stereocenters. The molecule has 3 rings (SSSR count). The van der Waals surface area contributed by atoms with Gasteiger partial charge in [0.05, 0.1) is 12.2 Å².